The lowest BCUT2D eigenvalue weighted by atomic mass is 9.48. The van der Waals surface area contributed by atoms with E-state index in [9.17, 15) is 54.5 Å². The number of hydrogen-bond acceptors (Lipinski definition) is 12. The summed E-state index contributed by atoms with van der Waals surface area (Å²) in [6.45, 7) is 22.5. The van der Waals surface area contributed by atoms with Gasteiger partial charge in [-0.3, -0.25) is 28.9 Å². The number of halogens is 4. The number of fused-ring (bicyclic) bond motifs is 3. The number of ether oxygens (including phenoxy) is 3. The van der Waals surface area contributed by atoms with E-state index in [1.807, 2.05) is 59.7 Å². The normalized spacial score (nSPS) is 21.1. The maximum atomic E-state index is 13.3. The number of carbonyl (C=O) groups excluding carboxylic acids is 5. The van der Waals surface area contributed by atoms with Crippen molar-refractivity contribution >= 4 is 76.2 Å². The number of phenolic OH excluding ortho intramolecular Hbond substituents is 1. The molecule has 1 N–H and O–H groups in total. The number of esters is 3. The third-order valence-electron chi connectivity index (χ3n) is 19.3. The van der Waals surface area contributed by atoms with E-state index in [0.717, 1.165) is 24.0 Å². The molecule has 514 valence electrons. The molecule has 5 aliphatic rings. The Morgan fingerprint density at radius 1 is 0.719 bits per heavy atom. The quantitative estimate of drug-likeness (QED) is 0.0194. The van der Waals surface area contributed by atoms with Crippen molar-refractivity contribution in [3.8, 4) is 23.0 Å². The summed E-state index contributed by atoms with van der Waals surface area (Å²) in [6, 6.07) is 48.7. The van der Waals surface area contributed by atoms with Crippen molar-refractivity contribution in [2.24, 2.45) is 39.9 Å². The first-order valence-electron chi connectivity index (χ1n) is 32.6. The Kier molecular flexibility index (Phi) is 24.1. The number of aromatic hydroxyl groups is 1. The van der Waals surface area contributed by atoms with Crippen LogP contribution in [0, 0.1) is 58.1 Å². The second-order valence-corrected chi connectivity index (χ2v) is 31.1. The average molecular weight is 1360 g/mol. The van der Waals surface area contributed by atoms with Crippen LogP contribution in [0.3, 0.4) is 0 Å². The van der Waals surface area contributed by atoms with E-state index in [1.54, 1.807) is 70.2 Å². The van der Waals surface area contributed by atoms with Crippen molar-refractivity contribution in [3.63, 3.8) is 0 Å². The van der Waals surface area contributed by atoms with E-state index in [2.05, 4.69) is 103 Å². The Labute approximate surface area is 565 Å². The number of carbonyl (C=O) groups is 5. The molecule has 4 bridgehead atoms. The first kappa shape index (κ1) is 75.5. The van der Waals surface area contributed by atoms with Gasteiger partial charge < -0.3 is 23.9 Å². The summed E-state index contributed by atoms with van der Waals surface area (Å²) < 4.78 is 104. The molecule has 96 heavy (non-hydrogen) atoms. The number of terminal acetylenes is 1. The standard InChI is InChI=1S/C20H29F3O7S.C18H13S.C15H21FO2.C14H13NO2.C10H14O/c1-4-17(2,3)15(24)30-19-8-12-5-13(9-19)7-18(6-12,11-19)16(25)29-14(20(21,22)23)10-31(26,27)28;1-2-8-14(9-3-1)19-17-12-6-4-10-15(17)16-11-5-7-13-18(16)19;1-6-14(2,3)13(17)18-15(4,5)11-7-9-12(16)10-8-11;1-4-11-5-7-12(8-6-11)15-13(16)9(2)10(3)14(15)17;1-3-8(2)9-5-4-6-10(11)7-9/h12-14H,4-11H2,1-3H3,(H,26,27,28);1-13H;7-10H,6H2,1-5H3;1,5-10H,2-3H3;4-8,11H,3H2,1-2H3/q;+1;;;/p-1. The predicted molar refractivity (Wildman–Crippen MR) is 367 cm³/mol. The number of rotatable bonds is 15. The summed E-state index contributed by atoms with van der Waals surface area (Å²) in [6.07, 6.45) is 1.94. The van der Waals surface area contributed by atoms with Crippen LogP contribution in [0.25, 0.3) is 25.1 Å². The highest BCUT2D eigenvalue weighted by molar-refractivity contribution is 7.85. The van der Waals surface area contributed by atoms with E-state index in [1.165, 1.54) is 47.7 Å². The van der Waals surface area contributed by atoms with Gasteiger partial charge in [-0.15, -0.1) is 6.42 Å². The maximum Gasteiger partial charge on any atom is 0.426 e. The van der Waals surface area contributed by atoms with Crippen LogP contribution >= 0.6 is 10.5 Å². The van der Waals surface area contributed by atoms with Crippen molar-refractivity contribution in [3.05, 3.63) is 174 Å². The van der Waals surface area contributed by atoms with Gasteiger partial charge >= 0.3 is 24.1 Å². The molecule has 2 heterocycles. The van der Waals surface area contributed by atoms with Gasteiger partial charge in [-0.1, -0.05) is 114 Å². The van der Waals surface area contributed by atoms with Crippen LogP contribution in [0.2, 0.25) is 0 Å². The Balaban J connectivity index is 0.000000176. The molecule has 13 nitrogen and oxygen atoms in total. The van der Waals surface area contributed by atoms with Gasteiger partial charge in [0.1, 0.15) is 22.8 Å². The molecule has 1 aliphatic heterocycles. The van der Waals surface area contributed by atoms with E-state index in [-0.39, 0.29) is 64.2 Å². The fourth-order valence-electron chi connectivity index (χ4n) is 12.7. The molecule has 4 saturated carbocycles. The zero-order valence-corrected chi connectivity index (χ0v) is 58.4. The highest BCUT2D eigenvalue weighted by Gasteiger charge is 2.64. The SMILES string of the molecule is C#Cc1ccc(N2C(=O)C(C)C(C)C2=O)cc1.CCC(C)(C)C(=O)OC(C)(C)c1ccc(F)cc1.CCC(C)(C)C(=O)OC12CC3CC(C1)CC(C(=O)OC(CS(=O)(=O)[O-])C(F)(F)F)(C3)C2.CCC(C)c1cccc(O)c1.c1ccc(-[s+]2c3ccccc3c3ccccc32)cc1. The van der Waals surface area contributed by atoms with E-state index in [0.29, 0.717) is 55.9 Å². The van der Waals surface area contributed by atoms with Gasteiger partial charge in [0.2, 0.25) is 17.9 Å². The number of nitrogens with zero attached hydrogens (tertiary/aromatic N) is 1. The van der Waals surface area contributed by atoms with Crippen molar-refractivity contribution in [1.82, 2.24) is 0 Å². The molecule has 12 rings (SSSR count). The van der Waals surface area contributed by atoms with Crippen LogP contribution in [-0.2, 0) is 53.9 Å². The Bertz CT molecular complexity index is 3960. The zero-order chi connectivity index (χ0) is 70.9. The van der Waals surface area contributed by atoms with Crippen LogP contribution in [-0.4, -0.2) is 71.4 Å². The number of thiophene rings is 1. The Hall–Kier alpha value is -7.92. The topological polar surface area (TPSA) is 194 Å². The molecule has 6 aromatic carbocycles. The van der Waals surface area contributed by atoms with Gasteiger partial charge in [0.05, 0.1) is 37.8 Å². The lowest BCUT2D eigenvalue weighted by Crippen LogP contribution is -2.61. The minimum Gasteiger partial charge on any atom is -0.748 e. The second-order valence-electron chi connectivity index (χ2n) is 27.7. The first-order chi connectivity index (χ1) is 44.9. The van der Waals surface area contributed by atoms with Crippen LogP contribution in [0.4, 0.5) is 23.2 Å². The Morgan fingerprint density at radius 2 is 1.23 bits per heavy atom. The molecule has 7 aromatic rings. The highest BCUT2D eigenvalue weighted by atomic mass is 32.2. The van der Waals surface area contributed by atoms with Crippen LogP contribution in [0.1, 0.15) is 163 Å². The smallest absolute Gasteiger partial charge is 0.426 e. The van der Waals surface area contributed by atoms with Gasteiger partial charge in [0, 0.05) is 45.1 Å². The molecule has 19 heteroatoms. The summed E-state index contributed by atoms with van der Waals surface area (Å²) in [7, 11) is -5.21. The molecule has 6 unspecified atom stereocenters. The lowest BCUT2D eigenvalue weighted by Gasteiger charge is -2.60. The minimum absolute atomic E-state index is 0.00100. The molecule has 0 radical (unpaired) electrons. The maximum absolute atomic E-state index is 13.3. The largest absolute Gasteiger partial charge is 0.748 e. The van der Waals surface area contributed by atoms with Crippen molar-refractivity contribution in [2.45, 2.75) is 170 Å². The summed E-state index contributed by atoms with van der Waals surface area (Å²) in [4.78, 5) is 64.3. The monoisotopic (exact) mass is 1360 g/mol. The Morgan fingerprint density at radius 3 is 1.71 bits per heavy atom. The van der Waals surface area contributed by atoms with Crippen LogP contribution in [0.5, 0.6) is 5.75 Å². The average Bonchev–Trinajstić information content (AvgIpc) is 1.13. The van der Waals surface area contributed by atoms with Gasteiger partial charge in [0.25, 0.3) is 0 Å². The molecule has 2 amide bonds. The minimum atomic E-state index is -5.27. The molecular weight excluding hydrogens is 1270 g/mol. The number of anilines is 1. The van der Waals surface area contributed by atoms with E-state index < -0.39 is 67.5 Å². The predicted octanol–water partition coefficient (Wildman–Crippen LogP) is 17.8. The number of phenols is 1. The van der Waals surface area contributed by atoms with E-state index >= 15 is 0 Å². The van der Waals surface area contributed by atoms with Gasteiger partial charge in [0.15, 0.2) is 14.3 Å². The van der Waals surface area contributed by atoms with E-state index in [4.69, 9.17) is 21.0 Å². The molecular formula is C77H89F4NO12S2. The fourth-order valence-corrected chi connectivity index (χ4v) is 15.7. The third-order valence-corrected chi connectivity index (χ3v) is 22.3. The molecule has 1 saturated heterocycles. The summed E-state index contributed by atoms with van der Waals surface area (Å²) in [5, 5.41) is 11.9. The number of alkyl halides is 3. The van der Waals surface area contributed by atoms with Crippen molar-refractivity contribution in [1.29, 1.82) is 0 Å². The molecule has 5 fully saturated rings. The van der Waals surface area contributed by atoms with Crippen molar-refractivity contribution in [2.75, 3.05) is 10.7 Å². The van der Waals surface area contributed by atoms with Crippen LogP contribution < -0.4 is 4.90 Å². The molecule has 4 aliphatic carbocycles. The van der Waals surface area contributed by atoms with Crippen molar-refractivity contribution < 1.29 is 73.8 Å². The van der Waals surface area contributed by atoms with Gasteiger partial charge in [-0.25, -0.2) is 12.8 Å². The summed E-state index contributed by atoms with van der Waals surface area (Å²) in [5.41, 5.74) is -0.891. The summed E-state index contributed by atoms with van der Waals surface area (Å²) >= 11 is 0. The number of imide groups is 1. The van der Waals surface area contributed by atoms with Gasteiger partial charge in [-0.05, 0) is 207 Å². The number of amides is 2. The summed E-state index contributed by atoms with van der Waals surface area (Å²) in [5.74, 6) is -1.37. The third kappa shape index (κ3) is 18.2. The zero-order valence-electron chi connectivity index (χ0n) is 56.8. The second kappa shape index (κ2) is 30.7. The first-order valence-corrected chi connectivity index (χ1v) is 35.4. The van der Waals surface area contributed by atoms with Crippen LogP contribution in [0.15, 0.2) is 152 Å². The molecule has 0 spiro atoms. The lowest BCUT2D eigenvalue weighted by molar-refractivity contribution is -0.239. The highest BCUT2D eigenvalue weighted by Crippen LogP contribution is 2.64. The molecule has 6 atom stereocenters. The number of benzene rings is 6. The molecule has 1 aromatic heterocycles. The number of hydrogen-bond donors (Lipinski definition) is 1. The fraction of sp³-hybridized carbons (Fsp3) is 0.442. The van der Waals surface area contributed by atoms with Gasteiger partial charge in [-0.2, -0.15) is 13.2 Å².